The Morgan fingerprint density at radius 1 is 1.39 bits per heavy atom. The fraction of sp³-hybridized carbons (Fsp3) is 0.615. The monoisotopic (exact) mass is 248 g/mol. The minimum Gasteiger partial charge on any atom is -0.481 e. The second-order valence-corrected chi connectivity index (χ2v) is 5.12. The smallest absolute Gasteiger partial charge is 0.305 e. The summed E-state index contributed by atoms with van der Waals surface area (Å²) in [5.41, 5.74) is 2.71. The maximum atomic E-state index is 12.0. The van der Waals surface area contributed by atoms with E-state index in [0.29, 0.717) is 18.9 Å². The highest BCUT2D eigenvalue weighted by Gasteiger charge is 2.35. The Morgan fingerprint density at radius 3 is 2.83 bits per heavy atom. The number of rotatable bonds is 4. The van der Waals surface area contributed by atoms with Gasteiger partial charge in [0.05, 0.1) is 24.2 Å². The van der Waals surface area contributed by atoms with Crippen LogP contribution in [-0.4, -0.2) is 26.6 Å². The first kappa shape index (κ1) is 11.4. The lowest BCUT2D eigenvalue weighted by molar-refractivity contribution is -0.137. The summed E-state index contributed by atoms with van der Waals surface area (Å²) in [5.74, 6) is -0.194. The van der Waals surface area contributed by atoms with E-state index >= 15 is 0 Å². The van der Waals surface area contributed by atoms with Gasteiger partial charge in [0.25, 0.3) is 0 Å². The van der Waals surface area contributed by atoms with Crippen LogP contribution in [0.2, 0.25) is 0 Å². The summed E-state index contributed by atoms with van der Waals surface area (Å²) >= 11 is 0. The lowest BCUT2D eigenvalue weighted by Crippen LogP contribution is -2.15. The molecule has 1 saturated carbocycles. The molecule has 1 heterocycles. The molecule has 0 aromatic carbocycles. The van der Waals surface area contributed by atoms with Gasteiger partial charge < -0.3 is 5.11 Å². The molecule has 1 aromatic rings. The van der Waals surface area contributed by atoms with E-state index in [1.54, 1.807) is 4.68 Å². The Bertz CT molecular complexity index is 515. The number of ketones is 1. The third-order valence-electron chi connectivity index (χ3n) is 3.68. The van der Waals surface area contributed by atoms with Crippen LogP contribution in [-0.2, 0) is 17.8 Å². The zero-order valence-corrected chi connectivity index (χ0v) is 10.2. The summed E-state index contributed by atoms with van der Waals surface area (Å²) in [5, 5.41) is 13.3. The molecule has 3 rings (SSSR count). The van der Waals surface area contributed by atoms with Crippen molar-refractivity contribution in [2.75, 3.05) is 0 Å². The van der Waals surface area contributed by atoms with Crippen LogP contribution < -0.4 is 0 Å². The molecule has 0 amide bonds. The number of aryl methyl sites for hydroxylation is 1. The van der Waals surface area contributed by atoms with Gasteiger partial charge in [-0.25, -0.2) is 0 Å². The molecule has 5 nitrogen and oxygen atoms in total. The van der Waals surface area contributed by atoms with E-state index in [-0.39, 0.29) is 12.2 Å². The van der Waals surface area contributed by atoms with E-state index in [1.165, 1.54) is 0 Å². The summed E-state index contributed by atoms with van der Waals surface area (Å²) in [7, 11) is 0. The van der Waals surface area contributed by atoms with Gasteiger partial charge in [0.2, 0.25) is 0 Å². The van der Waals surface area contributed by atoms with Gasteiger partial charge in [-0.2, -0.15) is 5.10 Å². The van der Waals surface area contributed by atoms with Crippen LogP contribution >= 0.6 is 0 Å². The van der Waals surface area contributed by atoms with E-state index in [2.05, 4.69) is 5.10 Å². The third kappa shape index (κ3) is 1.94. The molecule has 0 unspecified atom stereocenters. The summed E-state index contributed by atoms with van der Waals surface area (Å²) in [6.07, 6.45) is 4.59. The molecule has 18 heavy (non-hydrogen) atoms. The zero-order chi connectivity index (χ0) is 12.7. The standard InChI is InChI=1S/C13H16N2O3/c16-10-3-1-2-9-12(10)13(8-4-5-8)14-15(9)7-6-11(17)18/h8H,1-7H2,(H,17,18). The minimum absolute atomic E-state index is 0.0619. The van der Waals surface area contributed by atoms with Crippen molar-refractivity contribution in [2.24, 2.45) is 0 Å². The van der Waals surface area contributed by atoms with Gasteiger partial charge in [-0.15, -0.1) is 0 Å². The highest BCUT2D eigenvalue weighted by Crippen LogP contribution is 2.43. The topological polar surface area (TPSA) is 72.2 Å². The number of hydrogen-bond donors (Lipinski definition) is 1. The molecule has 1 aromatic heterocycles. The molecule has 2 aliphatic carbocycles. The predicted molar refractivity (Wildman–Crippen MR) is 63.7 cm³/mol. The number of Topliss-reactive ketones (excluding diaryl/α,β-unsaturated/α-hetero) is 1. The number of aliphatic carboxylic acids is 1. The average Bonchev–Trinajstić information content (AvgIpc) is 3.09. The van der Waals surface area contributed by atoms with E-state index in [9.17, 15) is 9.59 Å². The Morgan fingerprint density at radius 2 is 2.17 bits per heavy atom. The van der Waals surface area contributed by atoms with Gasteiger partial charge in [0.1, 0.15) is 0 Å². The van der Waals surface area contributed by atoms with Crippen molar-refractivity contribution in [3.05, 3.63) is 17.0 Å². The number of aromatic nitrogens is 2. The van der Waals surface area contributed by atoms with Gasteiger partial charge in [-0.05, 0) is 25.7 Å². The van der Waals surface area contributed by atoms with E-state index in [4.69, 9.17) is 5.11 Å². The molecule has 0 bridgehead atoms. The molecule has 0 saturated heterocycles. The molecule has 96 valence electrons. The largest absolute Gasteiger partial charge is 0.481 e. The lowest BCUT2D eigenvalue weighted by atomic mass is 9.93. The number of hydrogen-bond acceptors (Lipinski definition) is 3. The first-order valence-electron chi connectivity index (χ1n) is 6.51. The SMILES string of the molecule is O=C(O)CCn1nc(C2CC2)c2c1CCCC2=O. The molecule has 1 fully saturated rings. The van der Waals surface area contributed by atoms with Crippen LogP contribution in [0, 0.1) is 0 Å². The van der Waals surface area contributed by atoms with Gasteiger partial charge in [0.15, 0.2) is 5.78 Å². The Hall–Kier alpha value is -1.65. The maximum absolute atomic E-state index is 12.0. The second kappa shape index (κ2) is 4.23. The Kier molecular flexibility index (Phi) is 2.69. The molecule has 0 aliphatic heterocycles. The van der Waals surface area contributed by atoms with Crippen LogP contribution in [0.3, 0.4) is 0 Å². The van der Waals surface area contributed by atoms with Crippen molar-refractivity contribution in [3.63, 3.8) is 0 Å². The second-order valence-electron chi connectivity index (χ2n) is 5.12. The normalized spacial score (nSPS) is 18.8. The first-order chi connectivity index (χ1) is 8.66. The Labute approximate surface area is 105 Å². The predicted octanol–water partition coefficient (Wildman–Crippen LogP) is 1.75. The van der Waals surface area contributed by atoms with Gasteiger partial charge in [-0.1, -0.05) is 0 Å². The fourth-order valence-electron chi connectivity index (χ4n) is 2.65. The Balaban J connectivity index is 1.96. The quantitative estimate of drug-likeness (QED) is 0.881. The molecular weight excluding hydrogens is 232 g/mol. The molecule has 0 atom stereocenters. The van der Waals surface area contributed by atoms with Crippen LogP contribution in [0.1, 0.15) is 59.8 Å². The fourth-order valence-corrected chi connectivity index (χ4v) is 2.65. The van der Waals surface area contributed by atoms with Crippen molar-refractivity contribution in [1.82, 2.24) is 9.78 Å². The van der Waals surface area contributed by atoms with Crippen LogP contribution in [0.4, 0.5) is 0 Å². The number of carboxylic acids is 1. The van der Waals surface area contributed by atoms with Gasteiger partial charge in [-0.3, -0.25) is 14.3 Å². The summed E-state index contributed by atoms with van der Waals surface area (Å²) in [4.78, 5) is 22.7. The highest BCUT2D eigenvalue weighted by molar-refractivity contribution is 5.99. The zero-order valence-electron chi connectivity index (χ0n) is 10.2. The van der Waals surface area contributed by atoms with Crippen molar-refractivity contribution >= 4 is 11.8 Å². The minimum atomic E-state index is -0.825. The van der Waals surface area contributed by atoms with Crippen LogP contribution in [0.5, 0.6) is 0 Å². The highest BCUT2D eigenvalue weighted by atomic mass is 16.4. The van der Waals surface area contributed by atoms with Crippen molar-refractivity contribution < 1.29 is 14.7 Å². The number of carbonyl (C=O) groups is 2. The van der Waals surface area contributed by atoms with Crippen molar-refractivity contribution in [2.45, 2.75) is 51.0 Å². The number of carbonyl (C=O) groups excluding carboxylic acids is 1. The molecule has 1 N–H and O–H groups in total. The summed E-state index contributed by atoms with van der Waals surface area (Å²) in [6, 6.07) is 0. The van der Waals surface area contributed by atoms with Crippen molar-refractivity contribution in [1.29, 1.82) is 0 Å². The maximum Gasteiger partial charge on any atom is 0.305 e. The first-order valence-corrected chi connectivity index (χ1v) is 6.51. The van der Waals surface area contributed by atoms with Gasteiger partial charge in [0, 0.05) is 18.0 Å². The summed E-state index contributed by atoms with van der Waals surface area (Å²) < 4.78 is 1.76. The molecule has 0 spiro atoms. The average molecular weight is 248 g/mol. The molecule has 5 heteroatoms. The van der Waals surface area contributed by atoms with Crippen molar-refractivity contribution in [3.8, 4) is 0 Å². The van der Waals surface area contributed by atoms with Crippen LogP contribution in [0.15, 0.2) is 0 Å². The van der Waals surface area contributed by atoms with E-state index in [1.807, 2.05) is 0 Å². The number of fused-ring (bicyclic) bond motifs is 1. The summed E-state index contributed by atoms with van der Waals surface area (Å²) in [6.45, 7) is 0.373. The lowest BCUT2D eigenvalue weighted by Gasteiger charge is -2.13. The van der Waals surface area contributed by atoms with Crippen LogP contribution in [0.25, 0.3) is 0 Å². The van der Waals surface area contributed by atoms with E-state index < -0.39 is 5.97 Å². The number of carboxylic acid groups (broad SMARTS) is 1. The van der Waals surface area contributed by atoms with Gasteiger partial charge >= 0.3 is 5.97 Å². The molecule has 2 aliphatic rings. The molecule has 0 radical (unpaired) electrons. The van der Waals surface area contributed by atoms with E-state index in [0.717, 1.165) is 42.6 Å². The number of nitrogens with zero attached hydrogens (tertiary/aromatic N) is 2. The molecular formula is C13H16N2O3. The third-order valence-corrected chi connectivity index (χ3v) is 3.68.